The average Bonchev–Trinajstić information content (AvgIpc) is 2.91. The van der Waals surface area contributed by atoms with Crippen molar-refractivity contribution in [2.45, 2.75) is 12.8 Å². The van der Waals surface area contributed by atoms with Gasteiger partial charge in [0.15, 0.2) is 0 Å². The van der Waals surface area contributed by atoms with E-state index in [1.54, 1.807) is 0 Å². The average molecular weight is 244 g/mol. The molecule has 18 heavy (non-hydrogen) atoms. The number of rotatable bonds is 2. The Morgan fingerprint density at radius 1 is 1.33 bits per heavy atom. The number of fused-ring (bicyclic) bond motifs is 1. The molecule has 4 heteroatoms. The number of benzene rings is 1. The number of aryl methyl sites for hydroxylation is 1. The second-order valence-corrected chi connectivity index (χ2v) is 4.92. The summed E-state index contributed by atoms with van der Waals surface area (Å²) in [5.41, 5.74) is 3.32. The number of carbonyl (C=O) groups is 1. The van der Waals surface area contributed by atoms with Gasteiger partial charge in [0.05, 0.1) is 5.92 Å². The Kier molecular flexibility index (Phi) is 2.59. The molecule has 1 saturated heterocycles. The summed E-state index contributed by atoms with van der Waals surface area (Å²) in [6, 6.07) is 8.08. The van der Waals surface area contributed by atoms with Crippen molar-refractivity contribution in [3.8, 4) is 0 Å². The summed E-state index contributed by atoms with van der Waals surface area (Å²) in [4.78, 5) is 14.6. The van der Waals surface area contributed by atoms with Gasteiger partial charge in [-0.05, 0) is 18.6 Å². The number of hydrogen-bond donors (Lipinski definition) is 3. The first-order valence-electron chi connectivity index (χ1n) is 6.19. The summed E-state index contributed by atoms with van der Waals surface area (Å²) < 4.78 is 0. The second kappa shape index (κ2) is 4.14. The number of H-pyrrole nitrogens is 1. The van der Waals surface area contributed by atoms with Crippen molar-refractivity contribution in [3.63, 3.8) is 0 Å². The van der Waals surface area contributed by atoms with Gasteiger partial charge < -0.3 is 15.4 Å². The number of aromatic nitrogens is 1. The van der Waals surface area contributed by atoms with E-state index in [0.717, 1.165) is 28.7 Å². The third kappa shape index (κ3) is 1.61. The summed E-state index contributed by atoms with van der Waals surface area (Å²) in [7, 11) is 0. The van der Waals surface area contributed by atoms with Crippen molar-refractivity contribution in [1.82, 2.24) is 10.3 Å². The number of aliphatic carboxylic acids is 1. The van der Waals surface area contributed by atoms with Crippen LogP contribution in [0.25, 0.3) is 10.9 Å². The Morgan fingerprint density at radius 2 is 2.11 bits per heavy atom. The van der Waals surface area contributed by atoms with Crippen LogP contribution in [0, 0.1) is 12.8 Å². The van der Waals surface area contributed by atoms with E-state index in [-0.39, 0.29) is 11.8 Å². The molecule has 1 fully saturated rings. The van der Waals surface area contributed by atoms with Gasteiger partial charge >= 0.3 is 5.97 Å². The molecule has 1 aliphatic heterocycles. The molecular weight excluding hydrogens is 228 g/mol. The molecular formula is C14H16N2O2. The highest BCUT2D eigenvalue weighted by molar-refractivity contribution is 5.86. The number of carboxylic acid groups (broad SMARTS) is 1. The van der Waals surface area contributed by atoms with Crippen LogP contribution in [0.4, 0.5) is 0 Å². The lowest BCUT2D eigenvalue weighted by molar-refractivity contribution is -0.141. The monoisotopic (exact) mass is 244 g/mol. The van der Waals surface area contributed by atoms with Gasteiger partial charge in [-0.15, -0.1) is 0 Å². The number of aromatic amines is 1. The Labute approximate surface area is 105 Å². The zero-order valence-electron chi connectivity index (χ0n) is 10.2. The Balaban J connectivity index is 2.13. The lowest BCUT2D eigenvalue weighted by Gasteiger charge is -2.15. The Bertz CT molecular complexity index is 603. The maximum Gasteiger partial charge on any atom is 0.308 e. The normalized spacial score (nSPS) is 23.6. The minimum atomic E-state index is -0.713. The van der Waals surface area contributed by atoms with E-state index >= 15 is 0 Å². The Hall–Kier alpha value is -1.81. The molecule has 0 saturated carbocycles. The third-order valence-corrected chi connectivity index (χ3v) is 3.85. The molecule has 3 N–H and O–H groups in total. The molecule has 0 amide bonds. The number of para-hydroxylation sites is 1. The van der Waals surface area contributed by atoms with Gasteiger partial charge in [-0.25, -0.2) is 0 Å². The van der Waals surface area contributed by atoms with E-state index in [2.05, 4.69) is 16.4 Å². The second-order valence-electron chi connectivity index (χ2n) is 4.92. The molecule has 4 nitrogen and oxygen atoms in total. The van der Waals surface area contributed by atoms with E-state index in [4.69, 9.17) is 0 Å². The molecule has 0 bridgehead atoms. The first-order valence-corrected chi connectivity index (χ1v) is 6.19. The third-order valence-electron chi connectivity index (χ3n) is 3.85. The first kappa shape index (κ1) is 11.3. The van der Waals surface area contributed by atoms with Gasteiger partial charge in [-0.2, -0.15) is 0 Å². The molecule has 3 rings (SSSR count). The zero-order valence-corrected chi connectivity index (χ0v) is 10.2. The quantitative estimate of drug-likeness (QED) is 0.755. The molecule has 1 aromatic carbocycles. The van der Waals surface area contributed by atoms with Gasteiger partial charge in [0.25, 0.3) is 0 Å². The van der Waals surface area contributed by atoms with Crippen LogP contribution >= 0.6 is 0 Å². The molecule has 94 valence electrons. The zero-order chi connectivity index (χ0) is 12.7. The van der Waals surface area contributed by atoms with Gasteiger partial charge in [-0.3, -0.25) is 4.79 Å². The molecule has 0 spiro atoms. The fourth-order valence-corrected chi connectivity index (χ4v) is 3.02. The minimum absolute atomic E-state index is 0.0543. The minimum Gasteiger partial charge on any atom is -0.481 e. The van der Waals surface area contributed by atoms with Crippen molar-refractivity contribution >= 4 is 16.9 Å². The summed E-state index contributed by atoms with van der Waals surface area (Å²) >= 11 is 0. The van der Waals surface area contributed by atoms with E-state index in [1.807, 2.05) is 25.1 Å². The van der Waals surface area contributed by atoms with Crippen LogP contribution in [-0.2, 0) is 4.79 Å². The largest absolute Gasteiger partial charge is 0.481 e. The predicted octanol–water partition coefficient (Wildman–Crippen LogP) is 1.86. The number of hydrogen-bond acceptors (Lipinski definition) is 2. The molecule has 1 aliphatic rings. The van der Waals surface area contributed by atoms with E-state index in [1.165, 1.54) is 0 Å². The lowest BCUT2D eigenvalue weighted by atomic mass is 9.87. The van der Waals surface area contributed by atoms with Crippen LogP contribution in [0.5, 0.6) is 0 Å². The van der Waals surface area contributed by atoms with Crippen LogP contribution in [-0.4, -0.2) is 29.1 Å². The maximum absolute atomic E-state index is 11.3. The standard InChI is InChI=1S/C14H16N2O2/c1-8-13(9-4-2-3-5-12(9)16-8)10-6-15-7-11(10)14(17)18/h2-5,10-11,15-16H,6-7H2,1H3,(H,17,18). The van der Waals surface area contributed by atoms with E-state index < -0.39 is 5.97 Å². The van der Waals surface area contributed by atoms with Crippen molar-refractivity contribution < 1.29 is 9.90 Å². The van der Waals surface area contributed by atoms with Crippen LogP contribution in [0.15, 0.2) is 24.3 Å². The van der Waals surface area contributed by atoms with Crippen molar-refractivity contribution in [3.05, 3.63) is 35.5 Å². The summed E-state index contributed by atoms with van der Waals surface area (Å²) in [5.74, 6) is -0.990. The van der Waals surface area contributed by atoms with Crippen molar-refractivity contribution in [1.29, 1.82) is 0 Å². The van der Waals surface area contributed by atoms with Gasteiger partial charge in [-0.1, -0.05) is 18.2 Å². The summed E-state index contributed by atoms with van der Waals surface area (Å²) in [5, 5.41) is 13.6. The highest BCUT2D eigenvalue weighted by atomic mass is 16.4. The highest BCUT2D eigenvalue weighted by Gasteiger charge is 2.36. The molecule has 0 radical (unpaired) electrons. The van der Waals surface area contributed by atoms with Gasteiger partial charge in [0.1, 0.15) is 0 Å². The fourth-order valence-electron chi connectivity index (χ4n) is 3.02. The molecule has 2 aromatic rings. The molecule has 2 heterocycles. The first-order chi connectivity index (χ1) is 8.68. The maximum atomic E-state index is 11.3. The fraction of sp³-hybridized carbons (Fsp3) is 0.357. The van der Waals surface area contributed by atoms with Crippen LogP contribution in [0.2, 0.25) is 0 Å². The highest BCUT2D eigenvalue weighted by Crippen LogP contribution is 2.35. The number of nitrogens with one attached hydrogen (secondary N) is 2. The smallest absolute Gasteiger partial charge is 0.308 e. The van der Waals surface area contributed by atoms with Gasteiger partial charge in [0.2, 0.25) is 0 Å². The molecule has 0 aliphatic carbocycles. The van der Waals surface area contributed by atoms with Crippen LogP contribution in [0.3, 0.4) is 0 Å². The van der Waals surface area contributed by atoms with Crippen molar-refractivity contribution in [2.24, 2.45) is 5.92 Å². The predicted molar refractivity (Wildman–Crippen MR) is 69.8 cm³/mol. The SMILES string of the molecule is Cc1[nH]c2ccccc2c1C1CNCC1C(=O)O. The Morgan fingerprint density at radius 3 is 2.89 bits per heavy atom. The molecule has 2 atom stereocenters. The molecule has 1 aromatic heterocycles. The molecule has 2 unspecified atom stereocenters. The number of carboxylic acids is 1. The van der Waals surface area contributed by atoms with Crippen molar-refractivity contribution in [2.75, 3.05) is 13.1 Å². The summed E-state index contributed by atoms with van der Waals surface area (Å²) in [6.45, 7) is 3.31. The van der Waals surface area contributed by atoms with Gasteiger partial charge in [0, 0.05) is 35.6 Å². The van der Waals surface area contributed by atoms with Crippen LogP contribution < -0.4 is 5.32 Å². The van der Waals surface area contributed by atoms with E-state index in [0.29, 0.717) is 6.54 Å². The van der Waals surface area contributed by atoms with Crippen LogP contribution in [0.1, 0.15) is 17.2 Å². The lowest BCUT2D eigenvalue weighted by Crippen LogP contribution is -2.21. The summed E-state index contributed by atoms with van der Waals surface area (Å²) in [6.07, 6.45) is 0. The van der Waals surface area contributed by atoms with E-state index in [9.17, 15) is 9.90 Å². The topological polar surface area (TPSA) is 65.1 Å².